The Bertz CT molecular complexity index is 1140. The van der Waals surface area contributed by atoms with E-state index in [9.17, 15) is 24.6 Å². The third-order valence-electron chi connectivity index (χ3n) is 8.53. The van der Waals surface area contributed by atoms with Gasteiger partial charge in [0.15, 0.2) is 17.6 Å². The maximum Gasteiger partial charge on any atom is 0.315 e. The Balaban J connectivity index is 1.52. The predicted octanol–water partition coefficient (Wildman–Crippen LogP) is 2.42. The third kappa shape index (κ3) is 3.37. The van der Waals surface area contributed by atoms with Gasteiger partial charge in [-0.3, -0.25) is 9.59 Å². The number of likely N-dealkylation sites (tertiary alicyclic amines) is 1. The minimum Gasteiger partial charge on any atom is -0.504 e. The summed E-state index contributed by atoms with van der Waals surface area (Å²) in [5.41, 5.74) is -0.184. The number of rotatable bonds is 7. The molecule has 188 valence electrons. The van der Waals surface area contributed by atoms with Gasteiger partial charge in [0.2, 0.25) is 0 Å². The van der Waals surface area contributed by atoms with Gasteiger partial charge in [0, 0.05) is 36.8 Å². The average Bonchev–Trinajstić information content (AvgIpc) is 3.15. The fourth-order valence-electron chi connectivity index (χ4n) is 6.70. The molecule has 0 aromatic heterocycles. The first-order chi connectivity index (χ1) is 16.5. The van der Waals surface area contributed by atoms with E-state index in [1.807, 2.05) is 13.1 Å². The van der Waals surface area contributed by atoms with Crippen LogP contribution in [0.5, 0.6) is 11.5 Å². The van der Waals surface area contributed by atoms with Gasteiger partial charge in [0.1, 0.15) is 17.3 Å². The van der Waals surface area contributed by atoms with Gasteiger partial charge in [-0.1, -0.05) is 19.9 Å². The number of ketones is 2. The van der Waals surface area contributed by atoms with Crippen LogP contribution in [0.4, 0.5) is 0 Å². The van der Waals surface area contributed by atoms with E-state index in [0.717, 1.165) is 17.7 Å². The number of carbonyl (C=O) groups is 3. The number of nitrogens with zero attached hydrogens (tertiary/aromatic N) is 1. The van der Waals surface area contributed by atoms with Crippen LogP contribution in [-0.4, -0.2) is 64.0 Å². The largest absolute Gasteiger partial charge is 0.504 e. The van der Waals surface area contributed by atoms with Crippen LogP contribution in [0.25, 0.3) is 0 Å². The Kier molecular flexibility index (Phi) is 5.60. The summed E-state index contributed by atoms with van der Waals surface area (Å²) < 4.78 is 12.2. The van der Waals surface area contributed by atoms with E-state index in [1.165, 1.54) is 6.92 Å². The SMILES string of the molecule is CC(=O)C[C@H](CC(=O)C(C)C)C(=O)OC1=CC[C@@]2(O)[C@H]3Cc4ccc(O)c5c4[C@@]2(CCN3C)[C@H]1O5. The zero-order valence-electron chi connectivity index (χ0n) is 20.7. The molecule has 2 bridgehead atoms. The second-order valence-corrected chi connectivity index (χ2v) is 11.0. The number of piperidine rings is 1. The molecule has 1 spiro atoms. The number of phenols is 1. The van der Waals surface area contributed by atoms with Crippen molar-refractivity contribution in [1.29, 1.82) is 0 Å². The van der Waals surface area contributed by atoms with E-state index in [0.29, 0.717) is 18.6 Å². The standard InChI is InChI=1S/C27H33NO7/c1-14(2)19(31)12-17(11-15(3)29)25(32)34-20-7-8-27(33)21-13-16-5-6-18(30)23-22(16)26(27,24(20)35-23)9-10-28(21)4/h5-7,14,17,21,24,30,33H,8-13H2,1-4H3/t17-,21-,24+,26+,27-/m1/s1. The average molecular weight is 484 g/mol. The minimum absolute atomic E-state index is 0.00471. The van der Waals surface area contributed by atoms with Crippen molar-refractivity contribution in [1.82, 2.24) is 4.90 Å². The molecular formula is C27H33NO7. The minimum atomic E-state index is -1.15. The molecule has 8 heteroatoms. The van der Waals surface area contributed by atoms with Crippen LogP contribution in [0.1, 0.15) is 57.6 Å². The van der Waals surface area contributed by atoms with Gasteiger partial charge in [-0.15, -0.1) is 0 Å². The summed E-state index contributed by atoms with van der Waals surface area (Å²) in [5.74, 6) is -1.48. The van der Waals surface area contributed by atoms with Crippen LogP contribution in [0.2, 0.25) is 0 Å². The van der Waals surface area contributed by atoms with Gasteiger partial charge >= 0.3 is 5.97 Å². The number of carbonyl (C=O) groups excluding carboxylic acids is 3. The van der Waals surface area contributed by atoms with Gasteiger partial charge in [-0.25, -0.2) is 0 Å². The Hall–Kier alpha value is -2.71. The van der Waals surface area contributed by atoms with Crippen LogP contribution >= 0.6 is 0 Å². The first-order valence-corrected chi connectivity index (χ1v) is 12.4. The number of aromatic hydroxyl groups is 1. The third-order valence-corrected chi connectivity index (χ3v) is 8.53. The van der Waals surface area contributed by atoms with E-state index in [2.05, 4.69) is 4.90 Å². The van der Waals surface area contributed by atoms with Crippen molar-refractivity contribution in [2.45, 2.75) is 76.0 Å². The maximum absolute atomic E-state index is 13.3. The fraction of sp³-hybridized carbons (Fsp3) is 0.593. The lowest BCUT2D eigenvalue weighted by molar-refractivity contribution is -0.171. The lowest BCUT2D eigenvalue weighted by Gasteiger charge is -2.61. The van der Waals surface area contributed by atoms with Crippen molar-refractivity contribution in [3.63, 3.8) is 0 Å². The number of aliphatic hydroxyl groups is 1. The highest BCUT2D eigenvalue weighted by atomic mass is 16.6. The molecule has 8 nitrogen and oxygen atoms in total. The number of phenolic OH excluding ortho intramolecular Hbond substituents is 1. The molecular weight excluding hydrogens is 450 g/mol. The highest BCUT2D eigenvalue weighted by molar-refractivity contribution is 5.89. The van der Waals surface area contributed by atoms with Crippen LogP contribution in [0.3, 0.4) is 0 Å². The summed E-state index contributed by atoms with van der Waals surface area (Å²) in [7, 11) is 2.00. The highest BCUT2D eigenvalue weighted by Crippen LogP contribution is 2.65. The lowest BCUT2D eigenvalue weighted by atomic mass is 9.50. The first-order valence-electron chi connectivity index (χ1n) is 12.4. The Labute approximate surface area is 204 Å². The number of esters is 1. The summed E-state index contributed by atoms with van der Waals surface area (Å²) >= 11 is 0. The summed E-state index contributed by atoms with van der Waals surface area (Å²) in [4.78, 5) is 39.7. The molecule has 0 amide bonds. The van der Waals surface area contributed by atoms with Crippen LogP contribution in [0, 0.1) is 11.8 Å². The van der Waals surface area contributed by atoms with Crippen molar-refractivity contribution in [3.05, 3.63) is 35.1 Å². The molecule has 0 unspecified atom stereocenters. The van der Waals surface area contributed by atoms with Gasteiger partial charge in [-0.2, -0.15) is 0 Å². The highest BCUT2D eigenvalue weighted by Gasteiger charge is 2.72. The number of Topliss-reactive ketones (excluding diaryl/α,β-unsaturated/α-hetero) is 2. The van der Waals surface area contributed by atoms with Crippen molar-refractivity contribution in [2.75, 3.05) is 13.6 Å². The van der Waals surface area contributed by atoms with Crippen molar-refractivity contribution < 1.29 is 34.1 Å². The topological polar surface area (TPSA) is 113 Å². The van der Waals surface area contributed by atoms with Crippen molar-refractivity contribution in [3.8, 4) is 11.5 Å². The molecule has 1 saturated heterocycles. The normalized spacial score (nSPS) is 31.3. The fourth-order valence-corrected chi connectivity index (χ4v) is 6.70. The van der Waals surface area contributed by atoms with E-state index < -0.39 is 29.0 Å². The molecule has 2 N–H and O–H groups in total. The van der Waals surface area contributed by atoms with E-state index >= 15 is 0 Å². The van der Waals surface area contributed by atoms with Crippen molar-refractivity contribution in [2.24, 2.45) is 11.8 Å². The van der Waals surface area contributed by atoms with Gasteiger partial charge in [-0.05, 0) is 51.1 Å². The lowest BCUT2D eigenvalue weighted by Crippen LogP contribution is -2.74. The van der Waals surface area contributed by atoms with Gasteiger partial charge < -0.3 is 29.4 Å². The number of benzene rings is 1. The smallest absolute Gasteiger partial charge is 0.315 e. The Morgan fingerprint density at radius 1 is 1.26 bits per heavy atom. The van der Waals surface area contributed by atoms with Crippen LogP contribution in [-0.2, 0) is 31.0 Å². The second-order valence-electron chi connectivity index (χ2n) is 11.0. The number of ether oxygens (including phenoxy) is 2. The zero-order chi connectivity index (χ0) is 25.3. The number of likely N-dealkylation sites (N-methyl/N-ethyl adjacent to an activating group) is 1. The molecule has 2 aliphatic carbocycles. The van der Waals surface area contributed by atoms with E-state index in [1.54, 1.807) is 26.0 Å². The van der Waals surface area contributed by atoms with Gasteiger partial charge in [0.25, 0.3) is 0 Å². The first kappa shape index (κ1) is 24.0. The van der Waals surface area contributed by atoms with Crippen LogP contribution in [0.15, 0.2) is 24.0 Å². The summed E-state index contributed by atoms with van der Waals surface area (Å²) in [5, 5.41) is 22.8. The van der Waals surface area contributed by atoms with Crippen LogP contribution < -0.4 is 4.74 Å². The zero-order valence-corrected chi connectivity index (χ0v) is 20.7. The number of hydrogen-bond acceptors (Lipinski definition) is 8. The Morgan fingerprint density at radius 2 is 2.00 bits per heavy atom. The van der Waals surface area contributed by atoms with E-state index in [-0.39, 0.29) is 54.3 Å². The van der Waals surface area contributed by atoms with Gasteiger partial charge in [0.05, 0.1) is 16.9 Å². The number of hydrogen-bond donors (Lipinski definition) is 2. The molecule has 1 aromatic rings. The molecule has 4 aliphatic rings. The molecule has 1 aromatic carbocycles. The predicted molar refractivity (Wildman–Crippen MR) is 126 cm³/mol. The molecule has 0 saturated carbocycles. The molecule has 5 rings (SSSR count). The molecule has 35 heavy (non-hydrogen) atoms. The molecule has 0 radical (unpaired) electrons. The maximum atomic E-state index is 13.3. The monoisotopic (exact) mass is 483 g/mol. The second kappa shape index (κ2) is 8.17. The van der Waals surface area contributed by atoms with Crippen molar-refractivity contribution >= 4 is 17.5 Å². The molecule has 2 heterocycles. The van der Waals surface area contributed by atoms with E-state index in [4.69, 9.17) is 9.47 Å². The summed E-state index contributed by atoms with van der Waals surface area (Å²) in [6.45, 7) is 5.63. The summed E-state index contributed by atoms with van der Waals surface area (Å²) in [6.07, 6.45) is 2.24. The quantitative estimate of drug-likeness (QED) is 0.569. The summed E-state index contributed by atoms with van der Waals surface area (Å²) in [6, 6.07) is 3.35. The Morgan fingerprint density at radius 3 is 2.69 bits per heavy atom. The molecule has 2 aliphatic heterocycles. The molecule has 1 fully saturated rings. The molecule has 5 atom stereocenters.